The molecule has 3 heteroatoms. The van der Waals surface area contributed by atoms with Crippen molar-refractivity contribution in [2.75, 3.05) is 18.1 Å². The summed E-state index contributed by atoms with van der Waals surface area (Å²) in [6.07, 6.45) is 2.32. The number of nitrogens with two attached hydrogens (primary N) is 1. The number of hydrogen-bond donors (Lipinski definition) is 1. The van der Waals surface area contributed by atoms with E-state index >= 15 is 0 Å². The second-order valence-corrected chi connectivity index (χ2v) is 11.6. The Labute approximate surface area is 176 Å². The smallest absolute Gasteiger partial charge is 0.0320 e. The van der Waals surface area contributed by atoms with Crippen molar-refractivity contribution >= 4 is 42.7 Å². The van der Waals surface area contributed by atoms with Crippen molar-refractivity contribution in [3.63, 3.8) is 0 Å². The fourth-order valence-corrected chi connectivity index (χ4v) is 8.93. The highest BCUT2D eigenvalue weighted by molar-refractivity contribution is 7.76. The highest BCUT2D eigenvalue weighted by Crippen LogP contribution is 2.41. The van der Waals surface area contributed by atoms with Gasteiger partial charge < -0.3 is 5.73 Å². The van der Waals surface area contributed by atoms with Gasteiger partial charge in [0.2, 0.25) is 0 Å². The van der Waals surface area contributed by atoms with Crippen molar-refractivity contribution in [1.82, 2.24) is 0 Å². The molecule has 4 rings (SSSR count). The molecule has 0 saturated heterocycles. The molecule has 29 heavy (non-hydrogen) atoms. The van der Waals surface area contributed by atoms with Gasteiger partial charge in [-0.05, 0) is 61.5 Å². The van der Waals surface area contributed by atoms with E-state index in [0.29, 0.717) is 0 Å². The zero-order chi connectivity index (χ0) is 19.9. The molecule has 0 amide bonds. The van der Waals surface area contributed by atoms with Gasteiger partial charge in [-0.15, -0.1) is 0 Å². The van der Waals surface area contributed by atoms with Crippen molar-refractivity contribution < 1.29 is 0 Å². The van der Waals surface area contributed by atoms with Crippen molar-refractivity contribution in [2.45, 2.75) is 0 Å². The van der Waals surface area contributed by atoms with Gasteiger partial charge in [-0.2, -0.15) is 0 Å². The van der Waals surface area contributed by atoms with Crippen LogP contribution in [0, 0.1) is 0 Å². The van der Waals surface area contributed by atoms with Crippen molar-refractivity contribution in [3.05, 3.63) is 115 Å². The molecule has 0 heterocycles. The Kier molecular flexibility index (Phi) is 6.73. The first kappa shape index (κ1) is 19.8. The molecular weight excluding hydrogens is 388 g/mol. The molecule has 0 aliphatic heterocycles. The van der Waals surface area contributed by atoms with E-state index in [-0.39, 0.29) is 7.92 Å². The Morgan fingerprint density at radius 2 is 0.828 bits per heavy atom. The maximum Gasteiger partial charge on any atom is 0.0320 e. The standard InChI is InChI=1S/C26H25NP2/c27-22-11-10-18-26(21-22)29(25-16-8-3-9-17-25)20-19-28(23-12-4-1-5-13-23)24-14-6-2-7-15-24/h1-18,21H,19-20,27H2. The molecule has 0 bridgehead atoms. The van der Waals surface area contributed by atoms with Crippen LogP contribution in [0.3, 0.4) is 0 Å². The third-order valence-electron chi connectivity index (χ3n) is 4.93. The van der Waals surface area contributed by atoms with Crippen LogP contribution in [0.4, 0.5) is 5.69 Å². The molecule has 0 fully saturated rings. The molecule has 0 aliphatic carbocycles. The first-order chi connectivity index (χ1) is 14.3. The number of anilines is 1. The summed E-state index contributed by atoms with van der Waals surface area (Å²) in [5, 5.41) is 5.68. The quantitative estimate of drug-likeness (QED) is 0.341. The van der Waals surface area contributed by atoms with E-state index in [2.05, 4.69) is 109 Å². The molecule has 0 radical (unpaired) electrons. The summed E-state index contributed by atoms with van der Waals surface area (Å²) < 4.78 is 0. The summed E-state index contributed by atoms with van der Waals surface area (Å²) in [6.45, 7) is 0. The molecule has 1 nitrogen and oxygen atoms in total. The second-order valence-electron chi connectivity index (χ2n) is 6.90. The molecule has 4 aromatic carbocycles. The molecule has 0 aliphatic rings. The van der Waals surface area contributed by atoms with E-state index in [4.69, 9.17) is 5.73 Å². The maximum atomic E-state index is 6.13. The highest BCUT2D eigenvalue weighted by Gasteiger charge is 2.19. The van der Waals surface area contributed by atoms with E-state index < -0.39 is 7.92 Å². The largest absolute Gasteiger partial charge is 0.399 e. The van der Waals surface area contributed by atoms with Crippen molar-refractivity contribution in [2.24, 2.45) is 0 Å². The van der Waals surface area contributed by atoms with Crippen LogP contribution in [-0.4, -0.2) is 12.3 Å². The van der Waals surface area contributed by atoms with Gasteiger partial charge in [-0.3, -0.25) is 0 Å². The molecule has 4 aromatic rings. The van der Waals surface area contributed by atoms with Crippen LogP contribution in [0.25, 0.3) is 0 Å². The lowest BCUT2D eigenvalue weighted by Gasteiger charge is -2.24. The summed E-state index contributed by atoms with van der Waals surface area (Å²) in [5.41, 5.74) is 6.97. The van der Waals surface area contributed by atoms with Crippen LogP contribution in [0.2, 0.25) is 0 Å². The monoisotopic (exact) mass is 413 g/mol. The normalized spacial score (nSPS) is 12.0. The second kappa shape index (κ2) is 9.84. The van der Waals surface area contributed by atoms with Gasteiger partial charge in [0.1, 0.15) is 0 Å². The molecule has 1 unspecified atom stereocenters. The predicted molar refractivity (Wildman–Crippen MR) is 132 cm³/mol. The Bertz CT molecular complexity index is 981. The minimum atomic E-state index is -0.444. The van der Waals surface area contributed by atoms with Gasteiger partial charge in [0.15, 0.2) is 0 Å². The van der Waals surface area contributed by atoms with Crippen LogP contribution < -0.4 is 27.0 Å². The summed E-state index contributed by atoms with van der Waals surface area (Å²) in [7, 11) is -0.831. The fourth-order valence-electron chi connectivity index (χ4n) is 3.53. The SMILES string of the molecule is Nc1cccc(P(CCP(c2ccccc2)c2ccccc2)c2ccccc2)c1. The van der Waals surface area contributed by atoms with Crippen LogP contribution in [0.5, 0.6) is 0 Å². The van der Waals surface area contributed by atoms with E-state index in [1.54, 1.807) is 0 Å². The number of hydrogen-bond acceptors (Lipinski definition) is 1. The molecule has 0 spiro atoms. The van der Waals surface area contributed by atoms with E-state index in [9.17, 15) is 0 Å². The Hall–Kier alpha value is -2.46. The summed E-state index contributed by atoms with van der Waals surface area (Å²) in [6, 6.07) is 41.3. The minimum absolute atomic E-state index is 0.387. The number of rotatable bonds is 7. The Balaban J connectivity index is 1.66. The third kappa shape index (κ3) is 5.13. The maximum absolute atomic E-state index is 6.13. The molecule has 0 aromatic heterocycles. The number of nitrogen functional groups attached to an aromatic ring is 1. The third-order valence-corrected chi connectivity index (χ3v) is 10.3. The highest BCUT2D eigenvalue weighted by atomic mass is 31.1. The van der Waals surface area contributed by atoms with Crippen LogP contribution in [0.15, 0.2) is 115 Å². The van der Waals surface area contributed by atoms with Gasteiger partial charge >= 0.3 is 0 Å². The van der Waals surface area contributed by atoms with Gasteiger partial charge in [0, 0.05) is 5.69 Å². The molecule has 144 valence electrons. The lowest BCUT2D eigenvalue weighted by atomic mass is 10.3. The lowest BCUT2D eigenvalue weighted by molar-refractivity contribution is 1.51. The van der Waals surface area contributed by atoms with Crippen molar-refractivity contribution in [1.29, 1.82) is 0 Å². The summed E-state index contributed by atoms with van der Waals surface area (Å²) in [5.74, 6) is 0. The minimum Gasteiger partial charge on any atom is -0.399 e. The average molecular weight is 413 g/mol. The summed E-state index contributed by atoms with van der Waals surface area (Å²) in [4.78, 5) is 0. The summed E-state index contributed by atoms with van der Waals surface area (Å²) >= 11 is 0. The van der Waals surface area contributed by atoms with Gasteiger partial charge in [-0.25, -0.2) is 0 Å². The van der Waals surface area contributed by atoms with E-state index in [1.165, 1.54) is 27.4 Å². The molecule has 2 N–H and O–H groups in total. The topological polar surface area (TPSA) is 26.0 Å². The predicted octanol–water partition coefficient (Wildman–Crippen LogP) is 4.83. The fraction of sp³-hybridized carbons (Fsp3) is 0.0769. The van der Waals surface area contributed by atoms with Crippen molar-refractivity contribution in [3.8, 4) is 0 Å². The van der Waals surface area contributed by atoms with Crippen LogP contribution in [0.1, 0.15) is 0 Å². The molecular formula is C26H25NP2. The lowest BCUT2D eigenvalue weighted by Crippen LogP contribution is -2.20. The van der Waals surface area contributed by atoms with Crippen LogP contribution in [-0.2, 0) is 0 Å². The molecule has 0 saturated carbocycles. The molecule has 1 atom stereocenters. The van der Waals surface area contributed by atoms with Crippen LogP contribution >= 0.6 is 15.8 Å². The van der Waals surface area contributed by atoms with Gasteiger partial charge in [-0.1, -0.05) is 103 Å². The van der Waals surface area contributed by atoms with Gasteiger partial charge in [0.25, 0.3) is 0 Å². The first-order valence-corrected chi connectivity index (χ1v) is 12.9. The van der Waals surface area contributed by atoms with Gasteiger partial charge in [0.05, 0.1) is 0 Å². The first-order valence-electron chi connectivity index (χ1n) is 9.87. The number of benzene rings is 4. The zero-order valence-corrected chi connectivity index (χ0v) is 18.1. The Morgan fingerprint density at radius 3 is 1.24 bits per heavy atom. The van der Waals surface area contributed by atoms with E-state index in [1.807, 2.05) is 6.07 Å². The van der Waals surface area contributed by atoms with E-state index in [0.717, 1.165) is 11.8 Å². The Morgan fingerprint density at radius 1 is 0.448 bits per heavy atom. The zero-order valence-electron chi connectivity index (χ0n) is 16.4. The average Bonchev–Trinajstić information content (AvgIpc) is 2.78.